The van der Waals surface area contributed by atoms with Crippen LogP contribution in [0.25, 0.3) is 10.8 Å². The number of hydrogen-bond donors (Lipinski definition) is 1. The Morgan fingerprint density at radius 2 is 1.85 bits per heavy atom. The lowest BCUT2D eigenvalue weighted by Gasteiger charge is -2.18. The molecule has 172 valence electrons. The van der Waals surface area contributed by atoms with Crippen molar-refractivity contribution in [1.82, 2.24) is 15.1 Å². The lowest BCUT2D eigenvalue weighted by Crippen LogP contribution is -2.31. The first kappa shape index (κ1) is 22.3. The highest BCUT2D eigenvalue weighted by Crippen LogP contribution is 2.30. The molecule has 1 amide bonds. The minimum absolute atomic E-state index is 0.0164. The summed E-state index contributed by atoms with van der Waals surface area (Å²) in [5, 5.41) is 7.70. The maximum absolute atomic E-state index is 12.7. The molecule has 9 heteroatoms. The first-order chi connectivity index (χ1) is 16.1. The smallest absolute Gasteiger partial charge is 0.359 e. The minimum Gasteiger partial charge on any atom is -0.486 e. The summed E-state index contributed by atoms with van der Waals surface area (Å²) < 4.78 is 17.5. The van der Waals surface area contributed by atoms with Crippen LogP contribution in [0.3, 0.4) is 0 Å². The summed E-state index contributed by atoms with van der Waals surface area (Å²) in [6, 6.07) is 12.4. The molecule has 4 rings (SSSR count). The first-order valence-corrected chi connectivity index (χ1v) is 10.9. The van der Waals surface area contributed by atoms with Gasteiger partial charge in [-0.3, -0.25) is 9.59 Å². The Morgan fingerprint density at radius 3 is 2.64 bits per heavy atom. The van der Waals surface area contributed by atoms with Crippen LogP contribution in [0, 0.1) is 0 Å². The summed E-state index contributed by atoms with van der Waals surface area (Å²) in [6.45, 7) is 3.27. The second-order valence-electron chi connectivity index (χ2n) is 7.58. The van der Waals surface area contributed by atoms with Gasteiger partial charge in [0.05, 0.1) is 5.39 Å². The molecule has 0 saturated carbocycles. The van der Waals surface area contributed by atoms with Crippen LogP contribution in [0.2, 0.25) is 0 Å². The van der Waals surface area contributed by atoms with E-state index < -0.39 is 18.5 Å². The molecule has 33 heavy (non-hydrogen) atoms. The standard InChI is InChI=1S/C24H25N3O6/c1-2-11-27-23(29)18-6-4-3-5-17(18)22(26-27)24(30)33-15-21(28)25-10-9-16-7-8-19-20(14-16)32-13-12-31-19/h3-8,14H,2,9-13,15H2,1H3,(H,25,28). The van der Waals surface area contributed by atoms with Crippen molar-refractivity contribution in [3.05, 3.63) is 64.1 Å². The fourth-order valence-corrected chi connectivity index (χ4v) is 3.59. The number of nitrogens with one attached hydrogen (secondary N) is 1. The molecule has 0 saturated heterocycles. The number of nitrogens with zero attached hydrogens (tertiary/aromatic N) is 2. The average Bonchev–Trinajstić information content (AvgIpc) is 2.84. The molecule has 1 aliphatic heterocycles. The maximum atomic E-state index is 12.7. The molecule has 1 aliphatic rings. The van der Waals surface area contributed by atoms with E-state index in [-0.39, 0.29) is 11.3 Å². The third-order valence-corrected chi connectivity index (χ3v) is 5.17. The molecule has 0 aliphatic carbocycles. The predicted octanol–water partition coefficient (Wildman–Crippen LogP) is 2.09. The monoisotopic (exact) mass is 451 g/mol. The molecule has 0 radical (unpaired) electrons. The average molecular weight is 451 g/mol. The zero-order valence-electron chi connectivity index (χ0n) is 18.3. The third kappa shape index (κ3) is 5.14. The van der Waals surface area contributed by atoms with E-state index in [0.29, 0.717) is 61.4 Å². The molecule has 2 aromatic carbocycles. The number of fused-ring (bicyclic) bond motifs is 2. The van der Waals surface area contributed by atoms with Crippen molar-refractivity contribution in [1.29, 1.82) is 0 Å². The number of hydrogen-bond acceptors (Lipinski definition) is 7. The molecular formula is C24H25N3O6. The molecule has 2 heterocycles. The van der Waals surface area contributed by atoms with Gasteiger partial charge < -0.3 is 19.5 Å². The number of aryl methyl sites for hydroxylation is 1. The zero-order valence-corrected chi connectivity index (χ0v) is 18.3. The normalized spacial score (nSPS) is 12.4. The molecule has 0 spiro atoms. The van der Waals surface area contributed by atoms with E-state index in [0.717, 1.165) is 5.56 Å². The number of amides is 1. The van der Waals surface area contributed by atoms with Crippen molar-refractivity contribution < 1.29 is 23.8 Å². The molecular weight excluding hydrogens is 426 g/mol. The van der Waals surface area contributed by atoms with E-state index in [1.165, 1.54) is 4.68 Å². The molecule has 1 N–H and O–H groups in total. The summed E-state index contributed by atoms with van der Waals surface area (Å²) in [6.07, 6.45) is 1.27. The Hall–Kier alpha value is -3.88. The van der Waals surface area contributed by atoms with Gasteiger partial charge in [-0.05, 0) is 36.6 Å². The lowest BCUT2D eigenvalue weighted by atomic mass is 10.1. The van der Waals surface area contributed by atoms with Gasteiger partial charge in [-0.15, -0.1) is 0 Å². The number of esters is 1. The highest BCUT2D eigenvalue weighted by molar-refractivity contribution is 6.02. The minimum atomic E-state index is -0.752. The number of rotatable bonds is 8. The van der Waals surface area contributed by atoms with Crippen LogP contribution in [0.15, 0.2) is 47.3 Å². The number of carbonyl (C=O) groups is 2. The van der Waals surface area contributed by atoms with E-state index in [9.17, 15) is 14.4 Å². The number of carbonyl (C=O) groups excluding carboxylic acids is 2. The van der Waals surface area contributed by atoms with Gasteiger partial charge in [0, 0.05) is 18.5 Å². The van der Waals surface area contributed by atoms with Crippen molar-refractivity contribution in [2.24, 2.45) is 0 Å². The fourth-order valence-electron chi connectivity index (χ4n) is 3.59. The van der Waals surface area contributed by atoms with Gasteiger partial charge in [0.2, 0.25) is 0 Å². The van der Waals surface area contributed by atoms with E-state index >= 15 is 0 Å². The Bertz CT molecular complexity index is 1240. The van der Waals surface area contributed by atoms with Gasteiger partial charge in [-0.1, -0.05) is 31.2 Å². The Kier molecular flexibility index (Phi) is 6.87. The van der Waals surface area contributed by atoms with Crippen molar-refractivity contribution in [2.75, 3.05) is 26.4 Å². The highest BCUT2D eigenvalue weighted by atomic mass is 16.6. The van der Waals surface area contributed by atoms with Gasteiger partial charge in [-0.25, -0.2) is 9.48 Å². The number of benzene rings is 2. The Labute approximate surface area is 190 Å². The van der Waals surface area contributed by atoms with Crippen LogP contribution in [-0.2, 0) is 22.5 Å². The summed E-state index contributed by atoms with van der Waals surface area (Å²) in [4.78, 5) is 37.4. The van der Waals surface area contributed by atoms with Crippen LogP contribution in [-0.4, -0.2) is 48.0 Å². The van der Waals surface area contributed by atoms with Gasteiger partial charge in [0.1, 0.15) is 13.2 Å². The van der Waals surface area contributed by atoms with Gasteiger partial charge in [0.25, 0.3) is 11.5 Å². The van der Waals surface area contributed by atoms with Crippen molar-refractivity contribution in [3.8, 4) is 11.5 Å². The van der Waals surface area contributed by atoms with Crippen LogP contribution in [0.5, 0.6) is 11.5 Å². The maximum Gasteiger partial charge on any atom is 0.359 e. The number of aromatic nitrogens is 2. The van der Waals surface area contributed by atoms with Crippen LogP contribution in [0.1, 0.15) is 29.4 Å². The largest absolute Gasteiger partial charge is 0.486 e. The van der Waals surface area contributed by atoms with Crippen LogP contribution >= 0.6 is 0 Å². The first-order valence-electron chi connectivity index (χ1n) is 10.9. The van der Waals surface area contributed by atoms with E-state index in [1.54, 1.807) is 24.3 Å². The molecule has 0 atom stereocenters. The Balaban J connectivity index is 1.34. The zero-order chi connectivity index (χ0) is 23.2. The highest BCUT2D eigenvalue weighted by Gasteiger charge is 2.19. The summed E-state index contributed by atoms with van der Waals surface area (Å²) >= 11 is 0. The SMILES string of the molecule is CCCn1nc(C(=O)OCC(=O)NCCc2ccc3c(c2)OCCO3)c2ccccc2c1=O. The molecule has 0 unspecified atom stereocenters. The summed E-state index contributed by atoms with van der Waals surface area (Å²) in [7, 11) is 0. The second kappa shape index (κ2) is 10.2. The summed E-state index contributed by atoms with van der Waals surface area (Å²) in [5.41, 5.74) is 0.744. The van der Waals surface area contributed by atoms with Crippen LogP contribution in [0.4, 0.5) is 0 Å². The van der Waals surface area contributed by atoms with E-state index in [2.05, 4.69) is 10.4 Å². The lowest BCUT2D eigenvalue weighted by molar-refractivity contribution is -0.124. The van der Waals surface area contributed by atoms with Crippen molar-refractivity contribution >= 4 is 22.6 Å². The number of ether oxygens (including phenoxy) is 3. The predicted molar refractivity (Wildman–Crippen MR) is 121 cm³/mol. The van der Waals surface area contributed by atoms with E-state index in [1.807, 2.05) is 25.1 Å². The molecule has 1 aromatic heterocycles. The molecule has 0 bridgehead atoms. The summed E-state index contributed by atoms with van der Waals surface area (Å²) in [5.74, 6) is 0.237. The molecule has 0 fully saturated rings. The fraction of sp³-hybridized carbons (Fsp3) is 0.333. The van der Waals surface area contributed by atoms with Crippen molar-refractivity contribution in [2.45, 2.75) is 26.3 Å². The van der Waals surface area contributed by atoms with Crippen molar-refractivity contribution in [3.63, 3.8) is 0 Å². The molecule has 3 aromatic rings. The van der Waals surface area contributed by atoms with Gasteiger partial charge in [-0.2, -0.15) is 5.10 Å². The topological polar surface area (TPSA) is 109 Å². The molecule has 9 nitrogen and oxygen atoms in total. The third-order valence-electron chi connectivity index (χ3n) is 5.17. The Morgan fingerprint density at radius 1 is 1.09 bits per heavy atom. The van der Waals surface area contributed by atoms with Gasteiger partial charge in [0.15, 0.2) is 23.8 Å². The van der Waals surface area contributed by atoms with Gasteiger partial charge >= 0.3 is 5.97 Å². The van der Waals surface area contributed by atoms with Crippen LogP contribution < -0.4 is 20.3 Å². The second-order valence-corrected chi connectivity index (χ2v) is 7.58. The quantitative estimate of drug-likeness (QED) is 0.523. The van der Waals surface area contributed by atoms with E-state index in [4.69, 9.17) is 14.2 Å².